The lowest BCUT2D eigenvalue weighted by molar-refractivity contribution is 0.222. The van der Waals surface area contributed by atoms with E-state index in [4.69, 9.17) is 11.6 Å². The van der Waals surface area contributed by atoms with E-state index in [2.05, 4.69) is 20.5 Å². The van der Waals surface area contributed by atoms with Crippen molar-refractivity contribution in [3.05, 3.63) is 36.3 Å². The van der Waals surface area contributed by atoms with Gasteiger partial charge >= 0.3 is 0 Å². The Morgan fingerprint density at radius 2 is 2.35 bits per heavy atom. The van der Waals surface area contributed by atoms with E-state index in [-0.39, 0.29) is 0 Å². The summed E-state index contributed by atoms with van der Waals surface area (Å²) in [6, 6.07) is 6.07. The molecule has 3 heterocycles. The van der Waals surface area contributed by atoms with Crippen molar-refractivity contribution in [1.29, 1.82) is 0 Å². The van der Waals surface area contributed by atoms with Crippen LogP contribution in [0.15, 0.2) is 30.6 Å². The Labute approximate surface area is 106 Å². The Balaban J connectivity index is 1.75. The zero-order chi connectivity index (χ0) is 11.7. The molecule has 0 saturated carbocycles. The third-order valence-corrected chi connectivity index (χ3v) is 3.60. The molecule has 1 fully saturated rings. The van der Waals surface area contributed by atoms with Gasteiger partial charge < -0.3 is 4.40 Å². The number of halogens is 1. The van der Waals surface area contributed by atoms with Crippen LogP contribution in [-0.4, -0.2) is 32.8 Å². The van der Waals surface area contributed by atoms with Crippen LogP contribution in [0.5, 0.6) is 0 Å². The van der Waals surface area contributed by atoms with E-state index in [1.165, 1.54) is 6.42 Å². The molecule has 17 heavy (non-hydrogen) atoms. The molecule has 90 valence electrons. The van der Waals surface area contributed by atoms with Gasteiger partial charge in [-0.25, -0.2) is 4.98 Å². The van der Waals surface area contributed by atoms with Crippen molar-refractivity contribution >= 4 is 17.2 Å². The summed E-state index contributed by atoms with van der Waals surface area (Å²) in [5.41, 5.74) is 2.14. The molecule has 1 unspecified atom stereocenters. The van der Waals surface area contributed by atoms with Crippen molar-refractivity contribution < 1.29 is 0 Å². The molecule has 0 aliphatic carbocycles. The minimum absolute atomic E-state index is 0.306. The van der Waals surface area contributed by atoms with Gasteiger partial charge in [0.15, 0.2) is 0 Å². The van der Waals surface area contributed by atoms with Gasteiger partial charge in [0.1, 0.15) is 5.65 Å². The Morgan fingerprint density at radius 3 is 3.18 bits per heavy atom. The topological polar surface area (TPSA) is 20.5 Å². The normalized spacial score (nSPS) is 22.1. The van der Waals surface area contributed by atoms with E-state index in [1.807, 2.05) is 24.4 Å². The SMILES string of the molecule is ClC1CCCN(Cc2cn3ccccc3n2)C1. The molecule has 4 heteroatoms. The van der Waals surface area contributed by atoms with Crippen LogP contribution < -0.4 is 0 Å². The Bertz CT molecular complexity index is 475. The number of piperidine rings is 1. The zero-order valence-electron chi connectivity index (χ0n) is 9.72. The quantitative estimate of drug-likeness (QED) is 0.763. The fourth-order valence-corrected chi connectivity index (χ4v) is 2.78. The van der Waals surface area contributed by atoms with Gasteiger partial charge in [0.05, 0.1) is 5.69 Å². The van der Waals surface area contributed by atoms with Crippen molar-refractivity contribution in [2.45, 2.75) is 24.8 Å². The first-order valence-corrected chi connectivity index (χ1v) is 6.54. The van der Waals surface area contributed by atoms with Crippen LogP contribution in [0.3, 0.4) is 0 Å². The second-order valence-electron chi connectivity index (χ2n) is 4.67. The molecule has 1 saturated heterocycles. The zero-order valence-corrected chi connectivity index (χ0v) is 10.5. The first-order valence-electron chi connectivity index (χ1n) is 6.10. The standard InChI is InChI=1S/C13H16ClN3/c14-11-4-3-6-16(8-11)9-12-10-17-7-2-1-5-13(17)15-12/h1-2,5,7,10-11H,3-4,6,8-9H2. The minimum atomic E-state index is 0.306. The van der Waals surface area contributed by atoms with Gasteiger partial charge in [-0.3, -0.25) is 4.90 Å². The van der Waals surface area contributed by atoms with E-state index in [1.54, 1.807) is 0 Å². The molecule has 2 aromatic rings. The lowest BCUT2D eigenvalue weighted by atomic mass is 10.1. The third-order valence-electron chi connectivity index (χ3n) is 3.25. The summed E-state index contributed by atoms with van der Waals surface area (Å²) < 4.78 is 2.07. The molecular weight excluding hydrogens is 234 g/mol. The highest BCUT2D eigenvalue weighted by Crippen LogP contribution is 2.17. The van der Waals surface area contributed by atoms with Gasteiger partial charge in [0.2, 0.25) is 0 Å². The second-order valence-corrected chi connectivity index (χ2v) is 5.29. The molecule has 1 aliphatic heterocycles. The maximum absolute atomic E-state index is 6.19. The van der Waals surface area contributed by atoms with Crippen LogP contribution in [-0.2, 0) is 6.54 Å². The lowest BCUT2D eigenvalue weighted by Gasteiger charge is -2.28. The largest absolute Gasteiger partial charge is 0.307 e. The van der Waals surface area contributed by atoms with Crippen LogP contribution in [0.2, 0.25) is 0 Å². The van der Waals surface area contributed by atoms with Gasteiger partial charge in [-0.1, -0.05) is 6.07 Å². The van der Waals surface area contributed by atoms with Crippen molar-refractivity contribution in [3.8, 4) is 0 Å². The van der Waals surface area contributed by atoms with Crippen LogP contribution in [0.25, 0.3) is 5.65 Å². The maximum Gasteiger partial charge on any atom is 0.137 e. The van der Waals surface area contributed by atoms with E-state index in [0.29, 0.717) is 5.38 Å². The molecule has 0 spiro atoms. The second kappa shape index (κ2) is 4.67. The molecule has 2 aromatic heterocycles. The summed E-state index contributed by atoms with van der Waals surface area (Å²) in [5, 5.41) is 0.306. The highest BCUT2D eigenvalue weighted by molar-refractivity contribution is 6.20. The summed E-state index contributed by atoms with van der Waals surface area (Å²) in [5.74, 6) is 0. The number of rotatable bonds is 2. The van der Waals surface area contributed by atoms with Crippen LogP contribution in [0, 0.1) is 0 Å². The number of likely N-dealkylation sites (tertiary alicyclic amines) is 1. The molecule has 1 aliphatic rings. The predicted octanol–water partition coefficient (Wildman–Crippen LogP) is 2.54. The van der Waals surface area contributed by atoms with Crippen LogP contribution >= 0.6 is 11.6 Å². The van der Waals surface area contributed by atoms with Gasteiger partial charge in [-0.15, -0.1) is 11.6 Å². The summed E-state index contributed by atoms with van der Waals surface area (Å²) in [7, 11) is 0. The number of pyridine rings is 1. The number of imidazole rings is 1. The molecule has 3 nitrogen and oxygen atoms in total. The average molecular weight is 250 g/mol. The Morgan fingerprint density at radius 1 is 1.41 bits per heavy atom. The molecule has 3 rings (SSSR count). The van der Waals surface area contributed by atoms with Crippen molar-refractivity contribution in [1.82, 2.24) is 14.3 Å². The molecule has 0 amide bonds. The van der Waals surface area contributed by atoms with Crippen molar-refractivity contribution in [3.63, 3.8) is 0 Å². The number of nitrogens with zero attached hydrogens (tertiary/aromatic N) is 3. The van der Waals surface area contributed by atoms with Crippen molar-refractivity contribution in [2.75, 3.05) is 13.1 Å². The molecule has 0 radical (unpaired) electrons. The predicted molar refractivity (Wildman–Crippen MR) is 69.3 cm³/mol. The average Bonchev–Trinajstić information content (AvgIpc) is 2.71. The van der Waals surface area contributed by atoms with Gasteiger partial charge in [0.25, 0.3) is 0 Å². The number of hydrogen-bond donors (Lipinski definition) is 0. The van der Waals surface area contributed by atoms with E-state index < -0.39 is 0 Å². The molecule has 1 atom stereocenters. The van der Waals surface area contributed by atoms with Gasteiger partial charge in [0, 0.05) is 30.9 Å². The Kier molecular flexibility index (Phi) is 3.04. The number of alkyl halides is 1. The van der Waals surface area contributed by atoms with Crippen LogP contribution in [0.1, 0.15) is 18.5 Å². The Hall–Kier alpha value is -1.06. The van der Waals surface area contributed by atoms with Gasteiger partial charge in [-0.05, 0) is 31.5 Å². The summed E-state index contributed by atoms with van der Waals surface area (Å²) in [6.07, 6.45) is 6.48. The highest BCUT2D eigenvalue weighted by atomic mass is 35.5. The van der Waals surface area contributed by atoms with Crippen molar-refractivity contribution in [2.24, 2.45) is 0 Å². The summed E-state index contributed by atoms with van der Waals surface area (Å²) in [4.78, 5) is 7.00. The first-order chi connectivity index (χ1) is 8.31. The fourth-order valence-electron chi connectivity index (χ4n) is 2.44. The summed E-state index contributed by atoms with van der Waals surface area (Å²) >= 11 is 6.19. The monoisotopic (exact) mass is 249 g/mol. The number of hydrogen-bond acceptors (Lipinski definition) is 2. The van der Waals surface area contributed by atoms with E-state index in [0.717, 1.165) is 37.4 Å². The smallest absolute Gasteiger partial charge is 0.137 e. The fraction of sp³-hybridized carbons (Fsp3) is 0.462. The third kappa shape index (κ3) is 2.45. The van der Waals surface area contributed by atoms with E-state index in [9.17, 15) is 0 Å². The maximum atomic E-state index is 6.19. The highest BCUT2D eigenvalue weighted by Gasteiger charge is 2.18. The summed E-state index contributed by atoms with van der Waals surface area (Å²) in [6.45, 7) is 3.03. The number of aromatic nitrogens is 2. The molecular formula is C13H16ClN3. The molecule has 0 aromatic carbocycles. The molecule has 0 N–H and O–H groups in total. The number of fused-ring (bicyclic) bond motifs is 1. The minimum Gasteiger partial charge on any atom is -0.307 e. The molecule has 0 bridgehead atoms. The lowest BCUT2D eigenvalue weighted by Crippen LogP contribution is -2.35. The van der Waals surface area contributed by atoms with E-state index >= 15 is 0 Å². The van der Waals surface area contributed by atoms with Gasteiger partial charge in [-0.2, -0.15) is 0 Å². The van der Waals surface area contributed by atoms with Crippen LogP contribution in [0.4, 0.5) is 0 Å². The first kappa shape index (κ1) is 11.1.